The normalized spacial score (nSPS) is 11.2. The van der Waals surface area contributed by atoms with Gasteiger partial charge in [0.2, 0.25) is 0 Å². The molecule has 5 aromatic rings. The molecule has 0 unspecified atom stereocenters. The molecule has 0 spiro atoms. The highest BCUT2D eigenvalue weighted by molar-refractivity contribution is 7.98. The smallest absolute Gasteiger partial charge is 0.262 e. The van der Waals surface area contributed by atoms with Crippen LogP contribution in [-0.2, 0) is 12.3 Å². The number of para-hydroxylation sites is 2. The van der Waals surface area contributed by atoms with Gasteiger partial charge < -0.3 is 4.74 Å². The highest BCUT2D eigenvalue weighted by Crippen LogP contribution is 2.26. The number of hydrogen-bond donors (Lipinski definition) is 0. The number of methoxy groups -OCH3 is 1. The van der Waals surface area contributed by atoms with E-state index in [1.165, 1.54) is 0 Å². The molecular formula is C26H21N3O2S. The van der Waals surface area contributed by atoms with Gasteiger partial charge in [-0.1, -0.05) is 60.3 Å². The van der Waals surface area contributed by atoms with E-state index in [4.69, 9.17) is 9.72 Å². The molecule has 32 heavy (non-hydrogen) atoms. The summed E-state index contributed by atoms with van der Waals surface area (Å²) in [6.07, 6.45) is 1.81. The van der Waals surface area contributed by atoms with E-state index in [1.807, 2.05) is 66.9 Å². The standard InChI is InChI=1S/C26H21N3O2S/c1-31-21-13-11-18(12-14-21)16-29-25(30)22-9-2-3-10-23(22)28-26(29)32-17-20-7-4-6-19-8-5-15-27-24(19)20/h2-15H,16-17H2,1H3. The molecule has 0 amide bonds. The fourth-order valence-corrected chi connectivity index (χ4v) is 4.72. The number of hydrogen-bond acceptors (Lipinski definition) is 5. The Labute approximate surface area is 189 Å². The maximum atomic E-state index is 13.4. The molecule has 5 nitrogen and oxygen atoms in total. The van der Waals surface area contributed by atoms with Gasteiger partial charge in [0.15, 0.2) is 5.16 Å². The molecule has 2 heterocycles. The monoisotopic (exact) mass is 439 g/mol. The number of benzene rings is 3. The molecule has 0 radical (unpaired) electrons. The lowest BCUT2D eigenvalue weighted by Gasteiger charge is -2.14. The lowest BCUT2D eigenvalue weighted by atomic mass is 10.1. The predicted molar refractivity (Wildman–Crippen MR) is 129 cm³/mol. The average Bonchev–Trinajstić information content (AvgIpc) is 2.85. The Morgan fingerprint density at radius 3 is 2.59 bits per heavy atom. The molecule has 0 saturated carbocycles. The van der Waals surface area contributed by atoms with E-state index in [2.05, 4.69) is 23.2 Å². The summed E-state index contributed by atoms with van der Waals surface area (Å²) in [7, 11) is 1.64. The van der Waals surface area contributed by atoms with Crippen LogP contribution in [0.3, 0.4) is 0 Å². The topological polar surface area (TPSA) is 57.0 Å². The molecule has 5 rings (SSSR count). The number of thioether (sulfide) groups is 1. The number of ether oxygens (including phenoxy) is 1. The third-order valence-electron chi connectivity index (χ3n) is 5.40. The van der Waals surface area contributed by atoms with E-state index in [0.29, 0.717) is 28.4 Å². The molecule has 0 N–H and O–H groups in total. The Kier molecular flexibility index (Phi) is 5.60. The molecule has 0 fully saturated rings. The molecule has 0 aliphatic rings. The minimum Gasteiger partial charge on any atom is -0.497 e. The van der Waals surface area contributed by atoms with Crippen LogP contribution in [0.4, 0.5) is 0 Å². The number of pyridine rings is 1. The minimum absolute atomic E-state index is 0.0371. The highest BCUT2D eigenvalue weighted by atomic mass is 32.2. The largest absolute Gasteiger partial charge is 0.497 e. The van der Waals surface area contributed by atoms with Crippen molar-refractivity contribution in [3.05, 3.63) is 107 Å². The van der Waals surface area contributed by atoms with Crippen LogP contribution in [0.15, 0.2) is 95.0 Å². The zero-order valence-corrected chi connectivity index (χ0v) is 18.4. The SMILES string of the molecule is COc1ccc(Cn2c(SCc3cccc4cccnc34)nc3ccccc3c2=O)cc1. The second-order valence-corrected chi connectivity index (χ2v) is 8.37. The fraction of sp³-hybridized carbons (Fsp3) is 0.115. The summed E-state index contributed by atoms with van der Waals surface area (Å²) in [5.41, 5.74) is 3.78. The summed E-state index contributed by atoms with van der Waals surface area (Å²) < 4.78 is 7.01. The van der Waals surface area contributed by atoms with E-state index in [9.17, 15) is 4.79 Å². The summed E-state index contributed by atoms with van der Waals surface area (Å²) in [5, 5.41) is 2.42. The van der Waals surface area contributed by atoms with Crippen LogP contribution in [0.2, 0.25) is 0 Å². The van der Waals surface area contributed by atoms with Gasteiger partial charge in [0.05, 0.1) is 30.1 Å². The van der Waals surface area contributed by atoms with Crippen LogP contribution < -0.4 is 10.3 Å². The number of nitrogens with zero attached hydrogens (tertiary/aromatic N) is 3. The van der Waals surface area contributed by atoms with Crippen molar-refractivity contribution in [2.45, 2.75) is 17.5 Å². The summed E-state index contributed by atoms with van der Waals surface area (Å²) in [5.74, 6) is 1.46. The lowest BCUT2D eigenvalue weighted by molar-refractivity contribution is 0.414. The lowest BCUT2D eigenvalue weighted by Crippen LogP contribution is -2.24. The van der Waals surface area contributed by atoms with E-state index in [-0.39, 0.29) is 5.56 Å². The fourth-order valence-electron chi connectivity index (χ4n) is 3.74. The maximum absolute atomic E-state index is 13.4. The van der Waals surface area contributed by atoms with Crippen molar-refractivity contribution in [1.29, 1.82) is 0 Å². The van der Waals surface area contributed by atoms with Crippen LogP contribution in [0.5, 0.6) is 5.75 Å². The maximum Gasteiger partial charge on any atom is 0.262 e. The van der Waals surface area contributed by atoms with Crippen LogP contribution in [0, 0.1) is 0 Å². The molecule has 0 saturated heterocycles. The number of rotatable bonds is 6. The van der Waals surface area contributed by atoms with Gasteiger partial charge in [0.1, 0.15) is 5.75 Å². The Bertz CT molecular complexity index is 1460. The van der Waals surface area contributed by atoms with Gasteiger partial charge in [-0.3, -0.25) is 14.3 Å². The van der Waals surface area contributed by atoms with E-state index < -0.39 is 0 Å². The van der Waals surface area contributed by atoms with E-state index in [1.54, 1.807) is 23.4 Å². The molecule has 2 aromatic heterocycles. The summed E-state index contributed by atoms with van der Waals surface area (Å²) >= 11 is 1.56. The van der Waals surface area contributed by atoms with Gasteiger partial charge in [-0.2, -0.15) is 0 Å². The molecular weight excluding hydrogens is 418 g/mol. The Morgan fingerprint density at radius 2 is 1.75 bits per heavy atom. The second kappa shape index (κ2) is 8.85. The molecule has 0 atom stereocenters. The summed E-state index contributed by atoms with van der Waals surface area (Å²) in [4.78, 5) is 22.8. The van der Waals surface area contributed by atoms with Crippen molar-refractivity contribution in [2.24, 2.45) is 0 Å². The van der Waals surface area contributed by atoms with Crippen molar-refractivity contribution < 1.29 is 4.74 Å². The molecule has 0 bridgehead atoms. The van der Waals surface area contributed by atoms with Gasteiger partial charge in [0, 0.05) is 17.3 Å². The first-order valence-corrected chi connectivity index (χ1v) is 11.3. The molecule has 0 aliphatic heterocycles. The van der Waals surface area contributed by atoms with Crippen LogP contribution in [0.25, 0.3) is 21.8 Å². The van der Waals surface area contributed by atoms with Gasteiger partial charge in [-0.25, -0.2) is 4.98 Å². The Hall–Kier alpha value is -3.64. The van der Waals surface area contributed by atoms with Gasteiger partial charge in [0.25, 0.3) is 5.56 Å². The van der Waals surface area contributed by atoms with Crippen LogP contribution >= 0.6 is 11.8 Å². The number of fused-ring (bicyclic) bond motifs is 2. The zero-order valence-electron chi connectivity index (χ0n) is 17.6. The van der Waals surface area contributed by atoms with Crippen molar-refractivity contribution in [3.8, 4) is 5.75 Å². The summed E-state index contributed by atoms with van der Waals surface area (Å²) in [6.45, 7) is 0.441. The highest BCUT2D eigenvalue weighted by Gasteiger charge is 2.13. The number of aromatic nitrogens is 3. The first-order valence-electron chi connectivity index (χ1n) is 10.3. The summed E-state index contributed by atoms with van der Waals surface area (Å²) in [6, 6.07) is 25.4. The molecule has 6 heteroatoms. The second-order valence-electron chi connectivity index (χ2n) is 7.43. The third-order valence-corrected chi connectivity index (χ3v) is 6.42. The quantitative estimate of drug-likeness (QED) is 0.266. The first-order chi connectivity index (χ1) is 15.7. The van der Waals surface area contributed by atoms with Crippen LogP contribution in [0.1, 0.15) is 11.1 Å². The minimum atomic E-state index is -0.0371. The van der Waals surface area contributed by atoms with E-state index in [0.717, 1.165) is 27.8 Å². The third kappa shape index (κ3) is 3.97. The van der Waals surface area contributed by atoms with Crippen molar-refractivity contribution in [2.75, 3.05) is 7.11 Å². The van der Waals surface area contributed by atoms with Crippen molar-refractivity contribution >= 4 is 33.6 Å². The zero-order chi connectivity index (χ0) is 21.9. The van der Waals surface area contributed by atoms with Gasteiger partial charge >= 0.3 is 0 Å². The predicted octanol–water partition coefficient (Wildman–Crippen LogP) is 5.29. The van der Waals surface area contributed by atoms with Crippen molar-refractivity contribution in [1.82, 2.24) is 14.5 Å². The van der Waals surface area contributed by atoms with Crippen molar-refractivity contribution in [3.63, 3.8) is 0 Å². The molecule has 158 valence electrons. The van der Waals surface area contributed by atoms with Gasteiger partial charge in [-0.05, 0) is 41.5 Å². The Morgan fingerprint density at radius 1 is 0.938 bits per heavy atom. The average molecular weight is 440 g/mol. The Balaban J connectivity index is 1.54. The van der Waals surface area contributed by atoms with Crippen LogP contribution in [-0.4, -0.2) is 21.6 Å². The molecule has 0 aliphatic carbocycles. The van der Waals surface area contributed by atoms with Gasteiger partial charge in [-0.15, -0.1) is 0 Å². The first kappa shape index (κ1) is 20.3. The van der Waals surface area contributed by atoms with E-state index >= 15 is 0 Å². The molecule has 3 aromatic carbocycles.